The van der Waals surface area contributed by atoms with Crippen molar-refractivity contribution < 1.29 is 18.0 Å². The van der Waals surface area contributed by atoms with Crippen molar-refractivity contribution in [2.45, 2.75) is 12.7 Å². The molecule has 0 aliphatic rings. The number of hydrogen-bond donors (Lipinski definition) is 0. The summed E-state index contributed by atoms with van der Waals surface area (Å²) in [7, 11) is 1.59. The first kappa shape index (κ1) is 19.1. The first-order valence-corrected chi connectivity index (χ1v) is 9.51. The average Bonchev–Trinajstić information content (AvgIpc) is 3.37. The molecular formula is C20H15F3N4OS. The van der Waals surface area contributed by atoms with Crippen LogP contribution in [0, 0.1) is 0 Å². The average molecular weight is 416 g/mol. The molecule has 1 amide bonds. The van der Waals surface area contributed by atoms with E-state index in [0.717, 1.165) is 22.7 Å². The van der Waals surface area contributed by atoms with Crippen molar-refractivity contribution >= 4 is 22.9 Å². The molecular weight excluding hydrogens is 401 g/mol. The number of thiophene rings is 1. The van der Waals surface area contributed by atoms with E-state index in [2.05, 4.69) is 10.1 Å². The molecule has 3 heterocycles. The second-order valence-electron chi connectivity index (χ2n) is 6.46. The van der Waals surface area contributed by atoms with Crippen molar-refractivity contribution in [3.8, 4) is 10.6 Å². The van der Waals surface area contributed by atoms with Crippen LogP contribution in [0.1, 0.15) is 21.5 Å². The van der Waals surface area contributed by atoms with Crippen molar-refractivity contribution in [2.24, 2.45) is 0 Å². The molecule has 148 valence electrons. The maximum atomic E-state index is 12.9. The molecule has 0 spiro atoms. The molecule has 9 heteroatoms. The zero-order valence-electron chi connectivity index (χ0n) is 15.2. The number of halogens is 3. The Morgan fingerprint density at radius 1 is 1.17 bits per heavy atom. The molecule has 0 aliphatic carbocycles. The van der Waals surface area contributed by atoms with Gasteiger partial charge in [-0.1, -0.05) is 18.2 Å². The Hall–Kier alpha value is -3.20. The first-order chi connectivity index (χ1) is 13.8. The summed E-state index contributed by atoms with van der Waals surface area (Å²) < 4.78 is 39.7. The molecule has 0 atom stereocenters. The standard InChI is InChI=1S/C20H15F3N4OS/c1-26(12-13-4-6-14(7-5-13)20(21,22)23)19(28)15-11-25-27-16(8-9-24-18(15)27)17-3-2-10-29-17/h2-11H,12H2,1H3. The van der Waals surface area contributed by atoms with E-state index in [-0.39, 0.29) is 12.5 Å². The minimum atomic E-state index is -4.39. The zero-order valence-corrected chi connectivity index (χ0v) is 16.0. The number of amides is 1. The van der Waals surface area contributed by atoms with E-state index >= 15 is 0 Å². The molecule has 0 fully saturated rings. The van der Waals surface area contributed by atoms with Gasteiger partial charge in [-0.15, -0.1) is 11.3 Å². The van der Waals surface area contributed by atoms with Gasteiger partial charge in [-0.05, 0) is 35.2 Å². The van der Waals surface area contributed by atoms with Crippen LogP contribution >= 0.6 is 11.3 Å². The van der Waals surface area contributed by atoms with Gasteiger partial charge in [-0.3, -0.25) is 4.79 Å². The van der Waals surface area contributed by atoms with E-state index in [1.165, 1.54) is 23.2 Å². The van der Waals surface area contributed by atoms with Gasteiger partial charge in [0.1, 0.15) is 5.56 Å². The van der Waals surface area contributed by atoms with E-state index in [4.69, 9.17) is 0 Å². The van der Waals surface area contributed by atoms with E-state index in [9.17, 15) is 18.0 Å². The van der Waals surface area contributed by atoms with Crippen LogP contribution in [-0.4, -0.2) is 32.5 Å². The highest BCUT2D eigenvalue weighted by molar-refractivity contribution is 7.13. The highest BCUT2D eigenvalue weighted by Crippen LogP contribution is 2.29. The van der Waals surface area contributed by atoms with Crippen LogP contribution in [0.5, 0.6) is 0 Å². The van der Waals surface area contributed by atoms with E-state index in [0.29, 0.717) is 16.8 Å². The molecule has 0 N–H and O–H groups in total. The number of fused-ring (bicyclic) bond motifs is 1. The lowest BCUT2D eigenvalue weighted by Gasteiger charge is -2.17. The minimum absolute atomic E-state index is 0.166. The van der Waals surface area contributed by atoms with Crippen molar-refractivity contribution in [1.82, 2.24) is 19.5 Å². The highest BCUT2D eigenvalue weighted by Gasteiger charge is 2.30. The van der Waals surface area contributed by atoms with Crippen molar-refractivity contribution in [3.05, 3.63) is 76.9 Å². The van der Waals surface area contributed by atoms with E-state index < -0.39 is 11.7 Å². The lowest BCUT2D eigenvalue weighted by Crippen LogP contribution is -2.26. The zero-order chi connectivity index (χ0) is 20.6. The second kappa shape index (κ2) is 7.32. The maximum absolute atomic E-state index is 12.9. The lowest BCUT2D eigenvalue weighted by atomic mass is 10.1. The van der Waals surface area contributed by atoms with Gasteiger partial charge in [0.25, 0.3) is 5.91 Å². The third-order valence-corrected chi connectivity index (χ3v) is 5.35. The van der Waals surface area contributed by atoms with Gasteiger partial charge >= 0.3 is 6.18 Å². The summed E-state index contributed by atoms with van der Waals surface area (Å²) in [5.74, 6) is -0.310. The Morgan fingerprint density at radius 2 is 1.93 bits per heavy atom. The molecule has 0 unspecified atom stereocenters. The maximum Gasteiger partial charge on any atom is 0.416 e. The minimum Gasteiger partial charge on any atom is -0.337 e. The Labute approximate surface area is 168 Å². The van der Waals surface area contributed by atoms with Crippen LogP contribution < -0.4 is 0 Å². The topological polar surface area (TPSA) is 50.5 Å². The number of aromatic nitrogens is 3. The summed E-state index contributed by atoms with van der Waals surface area (Å²) >= 11 is 1.56. The summed E-state index contributed by atoms with van der Waals surface area (Å²) in [6.07, 6.45) is -1.30. The first-order valence-electron chi connectivity index (χ1n) is 8.63. The van der Waals surface area contributed by atoms with Crippen LogP contribution in [0.25, 0.3) is 16.2 Å². The molecule has 4 rings (SSSR count). The van der Waals surface area contributed by atoms with Gasteiger partial charge in [0, 0.05) is 19.8 Å². The number of benzene rings is 1. The Balaban J connectivity index is 1.58. The molecule has 0 radical (unpaired) electrons. The number of nitrogens with zero attached hydrogens (tertiary/aromatic N) is 4. The molecule has 0 saturated heterocycles. The number of carbonyl (C=O) groups excluding carboxylic acids is 1. The fraction of sp³-hybridized carbons (Fsp3) is 0.150. The quantitative estimate of drug-likeness (QED) is 0.483. The Morgan fingerprint density at radius 3 is 2.59 bits per heavy atom. The monoisotopic (exact) mass is 416 g/mol. The Kier molecular flexibility index (Phi) is 4.83. The van der Waals surface area contributed by atoms with Crippen molar-refractivity contribution in [2.75, 3.05) is 7.05 Å². The van der Waals surface area contributed by atoms with Gasteiger partial charge in [-0.25, -0.2) is 9.50 Å². The van der Waals surface area contributed by atoms with Crippen molar-refractivity contribution in [3.63, 3.8) is 0 Å². The van der Waals surface area contributed by atoms with Crippen LogP contribution in [0.4, 0.5) is 13.2 Å². The molecule has 0 bridgehead atoms. The summed E-state index contributed by atoms with van der Waals surface area (Å²) in [6.45, 7) is 0.166. The van der Waals surface area contributed by atoms with E-state index in [1.54, 1.807) is 29.1 Å². The van der Waals surface area contributed by atoms with Crippen LogP contribution in [0.15, 0.2) is 60.2 Å². The summed E-state index contributed by atoms with van der Waals surface area (Å²) in [6, 6.07) is 10.5. The number of hydrogen-bond acceptors (Lipinski definition) is 4. The SMILES string of the molecule is CN(Cc1ccc(C(F)(F)F)cc1)C(=O)c1cnn2c(-c3cccs3)ccnc12. The van der Waals surface area contributed by atoms with Gasteiger partial charge in [0.2, 0.25) is 0 Å². The van der Waals surface area contributed by atoms with Crippen LogP contribution in [-0.2, 0) is 12.7 Å². The fourth-order valence-electron chi connectivity index (χ4n) is 3.00. The summed E-state index contributed by atoms with van der Waals surface area (Å²) in [5, 5.41) is 6.27. The predicted octanol–water partition coefficient (Wildman–Crippen LogP) is 4.75. The Bertz CT molecular complexity index is 1150. The predicted molar refractivity (Wildman–Crippen MR) is 104 cm³/mol. The van der Waals surface area contributed by atoms with Crippen LogP contribution in [0.3, 0.4) is 0 Å². The normalized spacial score (nSPS) is 11.7. The number of carbonyl (C=O) groups is 1. The molecule has 29 heavy (non-hydrogen) atoms. The van der Waals surface area contributed by atoms with Crippen LogP contribution in [0.2, 0.25) is 0 Å². The summed E-state index contributed by atoms with van der Waals surface area (Å²) in [5.41, 5.74) is 1.47. The lowest BCUT2D eigenvalue weighted by molar-refractivity contribution is -0.137. The highest BCUT2D eigenvalue weighted by atomic mass is 32.1. The van der Waals surface area contributed by atoms with Gasteiger partial charge in [-0.2, -0.15) is 18.3 Å². The smallest absolute Gasteiger partial charge is 0.337 e. The molecule has 0 saturated carbocycles. The molecule has 1 aromatic carbocycles. The van der Waals surface area contributed by atoms with E-state index in [1.807, 2.05) is 23.6 Å². The number of alkyl halides is 3. The second-order valence-corrected chi connectivity index (χ2v) is 7.40. The van der Waals surface area contributed by atoms with Gasteiger partial charge in [0.15, 0.2) is 5.65 Å². The largest absolute Gasteiger partial charge is 0.416 e. The third kappa shape index (κ3) is 3.73. The van der Waals surface area contributed by atoms with Gasteiger partial charge < -0.3 is 4.90 Å². The summed E-state index contributed by atoms with van der Waals surface area (Å²) in [4.78, 5) is 19.6. The molecule has 0 aliphatic heterocycles. The molecule has 5 nitrogen and oxygen atoms in total. The van der Waals surface area contributed by atoms with Crippen molar-refractivity contribution in [1.29, 1.82) is 0 Å². The van der Waals surface area contributed by atoms with Gasteiger partial charge in [0.05, 0.1) is 22.3 Å². The fourth-order valence-corrected chi connectivity index (χ4v) is 3.74. The number of rotatable bonds is 4. The molecule has 4 aromatic rings. The third-order valence-electron chi connectivity index (χ3n) is 4.45. The molecule has 3 aromatic heterocycles.